The minimum Gasteiger partial charge on any atom is -0.354 e. The van der Waals surface area contributed by atoms with E-state index in [0.29, 0.717) is 6.42 Å². The number of aryl methyl sites for hydroxylation is 1. The highest BCUT2D eigenvalue weighted by Crippen LogP contribution is 2.07. The average Bonchev–Trinajstić information content (AvgIpc) is 2.74. The van der Waals surface area contributed by atoms with Crippen LogP contribution in [0.15, 0.2) is 6.20 Å². The monoisotopic (exact) mass is 208 g/mol. The van der Waals surface area contributed by atoms with Crippen molar-refractivity contribution >= 4 is 5.91 Å². The standard InChI is InChI=1S/C10H16N4O/c1-7-8(5-13-14(7)2)4-11-9-3-10(15)12-6-9/h5,9,11H,3-4,6H2,1-2H3,(H,12,15). The van der Waals surface area contributed by atoms with Crippen LogP contribution < -0.4 is 10.6 Å². The summed E-state index contributed by atoms with van der Waals surface area (Å²) in [5.74, 6) is 0.135. The SMILES string of the molecule is Cc1c(CNC2CNC(=O)C2)cnn1C. The summed E-state index contributed by atoms with van der Waals surface area (Å²) in [6.45, 7) is 3.56. The zero-order valence-electron chi connectivity index (χ0n) is 9.08. The Bertz CT molecular complexity index is 371. The first kappa shape index (κ1) is 10.2. The maximum Gasteiger partial charge on any atom is 0.221 e. The Kier molecular flexibility index (Phi) is 2.73. The summed E-state index contributed by atoms with van der Waals surface area (Å²) in [7, 11) is 1.93. The Morgan fingerprint density at radius 2 is 2.53 bits per heavy atom. The molecule has 5 nitrogen and oxygen atoms in total. The Balaban J connectivity index is 1.88. The van der Waals surface area contributed by atoms with Crippen molar-refractivity contribution in [3.05, 3.63) is 17.5 Å². The fourth-order valence-electron chi connectivity index (χ4n) is 1.72. The molecule has 0 aliphatic carbocycles. The van der Waals surface area contributed by atoms with E-state index < -0.39 is 0 Å². The third kappa shape index (κ3) is 2.18. The van der Waals surface area contributed by atoms with Gasteiger partial charge in [-0.15, -0.1) is 0 Å². The normalized spacial score (nSPS) is 20.7. The van der Waals surface area contributed by atoms with Crippen LogP contribution in [-0.2, 0) is 18.4 Å². The molecule has 1 aromatic rings. The van der Waals surface area contributed by atoms with Crippen molar-refractivity contribution < 1.29 is 4.79 Å². The second kappa shape index (κ2) is 4.02. The zero-order valence-corrected chi connectivity index (χ0v) is 9.08. The van der Waals surface area contributed by atoms with Gasteiger partial charge >= 0.3 is 0 Å². The predicted molar refractivity (Wildman–Crippen MR) is 56.2 cm³/mol. The minimum absolute atomic E-state index is 0.135. The summed E-state index contributed by atoms with van der Waals surface area (Å²) in [6, 6.07) is 0.261. The van der Waals surface area contributed by atoms with Gasteiger partial charge in [0.05, 0.1) is 6.20 Å². The zero-order chi connectivity index (χ0) is 10.8. The van der Waals surface area contributed by atoms with Gasteiger partial charge in [-0.25, -0.2) is 0 Å². The lowest BCUT2D eigenvalue weighted by atomic mass is 10.2. The molecule has 82 valence electrons. The number of hydrogen-bond donors (Lipinski definition) is 2. The third-order valence-corrected chi connectivity index (χ3v) is 2.90. The molecule has 2 heterocycles. The third-order valence-electron chi connectivity index (χ3n) is 2.90. The molecule has 0 radical (unpaired) electrons. The van der Waals surface area contributed by atoms with E-state index in [1.807, 2.05) is 24.9 Å². The smallest absolute Gasteiger partial charge is 0.221 e. The van der Waals surface area contributed by atoms with Crippen molar-refractivity contribution in [2.45, 2.75) is 25.9 Å². The molecule has 1 saturated heterocycles. The van der Waals surface area contributed by atoms with Crippen molar-refractivity contribution in [1.82, 2.24) is 20.4 Å². The van der Waals surface area contributed by atoms with Gasteiger partial charge in [0.2, 0.25) is 5.91 Å². The molecule has 0 aromatic carbocycles. The van der Waals surface area contributed by atoms with Crippen molar-refractivity contribution in [3.63, 3.8) is 0 Å². The molecule has 2 rings (SSSR count). The van der Waals surface area contributed by atoms with Crippen molar-refractivity contribution in [3.8, 4) is 0 Å². The molecule has 1 fully saturated rings. The quantitative estimate of drug-likeness (QED) is 0.717. The summed E-state index contributed by atoms with van der Waals surface area (Å²) < 4.78 is 1.86. The van der Waals surface area contributed by atoms with Crippen LogP contribution in [0, 0.1) is 6.92 Å². The summed E-state index contributed by atoms with van der Waals surface area (Å²) in [5, 5.41) is 10.3. The number of amides is 1. The second-order valence-corrected chi connectivity index (χ2v) is 3.96. The number of rotatable bonds is 3. The number of nitrogens with zero attached hydrogens (tertiary/aromatic N) is 2. The van der Waals surface area contributed by atoms with E-state index in [-0.39, 0.29) is 11.9 Å². The van der Waals surface area contributed by atoms with Crippen molar-refractivity contribution in [2.75, 3.05) is 6.54 Å². The first-order valence-corrected chi connectivity index (χ1v) is 5.14. The van der Waals surface area contributed by atoms with Crippen LogP contribution in [-0.4, -0.2) is 28.3 Å². The first-order chi connectivity index (χ1) is 7.16. The molecule has 1 aliphatic heterocycles. The average molecular weight is 208 g/mol. The summed E-state index contributed by atoms with van der Waals surface area (Å²) in [5.41, 5.74) is 2.36. The van der Waals surface area contributed by atoms with Gasteiger partial charge in [-0.05, 0) is 6.92 Å². The predicted octanol–water partition coefficient (Wildman–Crippen LogP) is -0.293. The Morgan fingerprint density at radius 1 is 1.73 bits per heavy atom. The van der Waals surface area contributed by atoms with Crippen LogP contribution in [0.1, 0.15) is 17.7 Å². The van der Waals surface area contributed by atoms with E-state index in [1.54, 1.807) is 0 Å². The lowest BCUT2D eigenvalue weighted by molar-refractivity contribution is -0.119. The highest BCUT2D eigenvalue weighted by Gasteiger charge is 2.20. The van der Waals surface area contributed by atoms with Gasteiger partial charge in [-0.2, -0.15) is 5.10 Å². The molecule has 1 unspecified atom stereocenters. The van der Waals surface area contributed by atoms with Gasteiger partial charge in [-0.1, -0.05) is 0 Å². The molecule has 1 amide bonds. The van der Waals surface area contributed by atoms with Crippen LogP contribution in [0.3, 0.4) is 0 Å². The lowest BCUT2D eigenvalue weighted by Crippen LogP contribution is -2.30. The topological polar surface area (TPSA) is 58.9 Å². The molecule has 0 spiro atoms. The minimum atomic E-state index is 0.135. The van der Waals surface area contributed by atoms with E-state index in [0.717, 1.165) is 13.1 Å². The molecule has 1 aliphatic rings. The van der Waals surface area contributed by atoms with Gasteiger partial charge in [0.1, 0.15) is 0 Å². The van der Waals surface area contributed by atoms with E-state index in [9.17, 15) is 4.79 Å². The number of hydrogen-bond acceptors (Lipinski definition) is 3. The summed E-state index contributed by atoms with van der Waals surface area (Å²) >= 11 is 0. The maximum atomic E-state index is 11.0. The van der Waals surface area contributed by atoms with E-state index >= 15 is 0 Å². The number of aromatic nitrogens is 2. The summed E-state index contributed by atoms with van der Waals surface area (Å²) in [6.07, 6.45) is 2.45. The molecule has 15 heavy (non-hydrogen) atoms. The molecule has 5 heteroatoms. The van der Waals surface area contributed by atoms with Crippen LogP contribution >= 0.6 is 0 Å². The van der Waals surface area contributed by atoms with Gasteiger partial charge in [0.25, 0.3) is 0 Å². The van der Waals surface area contributed by atoms with E-state index in [4.69, 9.17) is 0 Å². The van der Waals surface area contributed by atoms with Gasteiger partial charge in [0, 0.05) is 43.9 Å². The number of carbonyl (C=O) groups excluding carboxylic acids is 1. The highest BCUT2D eigenvalue weighted by atomic mass is 16.1. The van der Waals surface area contributed by atoms with Gasteiger partial charge in [0.15, 0.2) is 0 Å². The summed E-state index contributed by atoms with van der Waals surface area (Å²) in [4.78, 5) is 11.0. The maximum absolute atomic E-state index is 11.0. The molecule has 0 bridgehead atoms. The molecule has 1 atom stereocenters. The Hall–Kier alpha value is -1.36. The van der Waals surface area contributed by atoms with Gasteiger partial charge < -0.3 is 10.6 Å². The first-order valence-electron chi connectivity index (χ1n) is 5.14. The van der Waals surface area contributed by atoms with Crippen molar-refractivity contribution in [1.29, 1.82) is 0 Å². The van der Waals surface area contributed by atoms with Crippen LogP contribution in [0.2, 0.25) is 0 Å². The van der Waals surface area contributed by atoms with Crippen LogP contribution in [0.25, 0.3) is 0 Å². The molecule has 2 N–H and O–H groups in total. The fourth-order valence-corrected chi connectivity index (χ4v) is 1.72. The van der Waals surface area contributed by atoms with Crippen molar-refractivity contribution in [2.24, 2.45) is 7.05 Å². The molecular formula is C10H16N4O. The van der Waals surface area contributed by atoms with Crippen LogP contribution in [0.5, 0.6) is 0 Å². The number of carbonyl (C=O) groups is 1. The second-order valence-electron chi connectivity index (χ2n) is 3.96. The number of nitrogens with one attached hydrogen (secondary N) is 2. The van der Waals surface area contributed by atoms with Gasteiger partial charge in [-0.3, -0.25) is 9.48 Å². The lowest BCUT2D eigenvalue weighted by Gasteiger charge is -2.09. The Morgan fingerprint density at radius 3 is 3.07 bits per heavy atom. The Labute approximate surface area is 88.8 Å². The largest absolute Gasteiger partial charge is 0.354 e. The molecule has 0 saturated carbocycles. The van der Waals surface area contributed by atoms with E-state index in [2.05, 4.69) is 15.7 Å². The van der Waals surface area contributed by atoms with E-state index in [1.165, 1.54) is 11.3 Å². The fraction of sp³-hybridized carbons (Fsp3) is 0.600. The molecule has 1 aromatic heterocycles. The molecular weight excluding hydrogens is 192 g/mol. The highest BCUT2D eigenvalue weighted by molar-refractivity contribution is 5.78. The van der Waals surface area contributed by atoms with Crippen LogP contribution in [0.4, 0.5) is 0 Å².